The number of aromatic nitrogens is 2. The molecule has 3 aromatic rings. The summed E-state index contributed by atoms with van der Waals surface area (Å²) in [4.78, 5) is 12.6. The van der Waals surface area contributed by atoms with Gasteiger partial charge < -0.3 is 9.73 Å². The Labute approximate surface area is 148 Å². The van der Waals surface area contributed by atoms with E-state index in [2.05, 4.69) is 10.4 Å². The van der Waals surface area contributed by atoms with Gasteiger partial charge in [0.15, 0.2) is 5.76 Å². The Bertz CT molecular complexity index is 1020. The smallest absolute Gasteiger partial charge is 0.291 e. The summed E-state index contributed by atoms with van der Waals surface area (Å²) in [5.74, 6) is -1.17. The molecule has 5 nitrogen and oxygen atoms in total. The monoisotopic (exact) mass is 357 g/mol. The van der Waals surface area contributed by atoms with Gasteiger partial charge in [-0.1, -0.05) is 0 Å². The number of carbonyl (C=O) groups is 1. The lowest BCUT2D eigenvalue weighted by atomic mass is 9.93. The lowest BCUT2D eigenvalue weighted by Gasteiger charge is -2.09. The number of rotatable bonds is 3. The summed E-state index contributed by atoms with van der Waals surface area (Å²) in [5, 5.41) is 6.95. The van der Waals surface area contributed by atoms with Crippen molar-refractivity contribution in [2.75, 3.05) is 5.32 Å². The van der Waals surface area contributed by atoms with Crippen molar-refractivity contribution in [3.63, 3.8) is 0 Å². The lowest BCUT2D eigenvalue weighted by molar-refractivity contribution is 0.0993. The molecule has 0 spiro atoms. The summed E-state index contributed by atoms with van der Waals surface area (Å²) in [6.07, 6.45) is 3.46. The topological polar surface area (TPSA) is 60.1 Å². The third-order valence-electron chi connectivity index (χ3n) is 4.62. The lowest BCUT2D eigenvalue weighted by Crippen LogP contribution is -2.13. The van der Waals surface area contributed by atoms with Crippen LogP contribution in [0.25, 0.3) is 11.3 Å². The summed E-state index contributed by atoms with van der Waals surface area (Å²) >= 11 is 0. The number of furan rings is 1. The maximum Gasteiger partial charge on any atom is 0.291 e. The molecule has 1 N–H and O–H groups in total. The minimum Gasteiger partial charge on any atom is -0.455 e. The van der Waals surface area contributed by atoms with Gasteiger partial charge in [-0.15, -0.1) is 0 Å². The first-order valence-electron chi connectivity index (χ1n) is 8.43. The van der Waals surface area contributed by atoms with Crippen LogP contribution in [0, 0.1) is 18.6 Å². The summed E-state index contributed by atoms with van der Waals surface area (Å²) in [5.41, 5.74) is 3.19. The van der Waals surface area contributed by atoms with Crippen LogP contribution in [0.1, 0.15) is 34.4 Å². The fourth-order valence-corrected chi connectivity index (χ4v) is 3.31. The molecule has 134 valence electrons. The molecule has 26 heavy (non-hydrogen) atoms. The highest BCUT2D eigenvalue weighted by Gasteiger charge is 2.29. The fourth-order valence-electron chi connectivity index (χ4n) is 3.31. The van der Waals surface area contributed by atoms with Gasteiger partial charge in [-0.3, -0.25) is 9.48 Å². The van der Waals surface area contributed by atoms with E-state index >= 15 is 0 Å². The van der Waals surface area contributed by atoms with Crippen LogP contribution in [0.3, 0.4) is 0 Å². The predicted octanol–water partition coefficient (Wildman–Crippen LogP) is 4.10. The van der Waals surface area contributed by atoms with Crippen molar-refractivity contribution in [1.82, 2.24) is 9.78 Å². The highest BCUT2D eigenvalue weighted by Crippen LogP contribution is 2.38. The van der Waals surface area contributed by atoms with Crippen LogP contribution in [0.2, 0.25) is 0 Å². The van der Waals surface area contributed by atoms with E-state index in [1.807, 2.05) is 17.8 Å². The summed E-state index contributed by atoms with van der Waals surface area (Å²) in [7, 11) is 0. The zero-order valence-electron chi connectivity index (χ0n) is 14.4. The second kappa shape index (κ2) is 6.09. The standard InChI is InChI=1S/C19H17F2N3O2/c1-3-24-9-11-4-7-15-16(17(11)23-24)10(2)18(26-15)19(25)22-14-8-12(20)5-6-13(14)21/h5-6,8-9H,3-4,7H2,1-2H3,(H,22,25). The van der Waals surface area contributed by atoms with Crippen molar-refractivity contribution in [2.24, 2.45) is 0 Å². The number of fused-ring (bicyclic) bond motifs is 3. The largest absolute Gasteiger partial charge is 0.455 e. The number of hydrogen-bond donors (Lipinski definition) is 1. The Kier molecular flexibility index (Phi) is 3.86. The van der Waals surface area contributed by atoms with E-state index in [0.29, 0.717) is 17.7 Å². The van der Waals surface area contributed by atoms with Crippen molar-refractivity contribution >= 4 is 11.6 Å². The molecule has 7 heteroatoms. The van der Waals surface area contributed by atoms with Crippen molar-refractivity contribution in [3.8, 4) is 11.3 Å². The number of carbonyl (C=O) groups excluding carboxylic acids is 1. The average Bonchev–Trinajstić information content (AvgIpc) is 3.18. The van der Waals surface area contributed by atoms with Crippen LogP contribution in [-0.2, 0) is 19.4 Å². The number of amides is 1. The summed E-state index contributed by atoms with van der Waals surface area (Å²) in [6, 6.07) is 2.90. The van der Waals surface area contributed by atoms with Gasteiger partial charge in [-0.05, 0) is 38.0 Å². The highest BCUT2D eigenvalue weighted by atomic mass is 19.1. The SMILES string of the molecule is CCn1cc2c(n1)-c1c(oc(C(=O)Nc3cc(F)ccc3F)c1C)CC2. The van der Waals surface area contributed by atoms with E-state index < -0.39 is 17.5 Å². The molecule has 0 saturated heterocycles. The minimum atomic E-state index is -0.710. The Hall–Kier alpha value is -2.96. The van der Waals surface area contributed by atoms with Crippen LogP contribution >= 0.6 is 0 Å². The Morgan fingerprint density at radius 2 is 2.15 bits per heavy atom. The van der Waals surface area contributed by atoms with Gasteiger partial charge in [0.1, 0.15) is 17.4 Å². The van der Waals surface area contributed by atoms with E-state index in [9.17, 15) is 13.6 Å². The first kappa shape index (κ1) is 16.5. The molecule has 1 aliphatic carbocycles. The molecule has 1 aromatic carbocycles. The van der Waals surface area contributed by atoms with Gasteiger partial charge in [0.2, 0.25) is 0 Å². The quantitative estimate of drug-likeness (QED) is 0.768. The van der Waals surface area contributed by atoms with Crippen LogP contribution in [0.4, 0.5) is 14.5 Å². The number of aryl methyl sites for hydroxylation is 3. The second-order valence-corrected chi connectivity index (χ2v) is 6.29. The second-order valence-electron chi connectivity index (χ2n) is 6.29. The molecule has 1 aliphatic rings. The van der Waals surface area contributed by atoms with E-state index in [-0.39, 0.29) is 11.4 Å². The third kappa shape index (κ3) is 2.60. The average molecular weight is 357 g/mol. The van der Waals surface area contributed by atoms with Crippen LogP contribution in [-0.4, -0.2) is 15.7 Å². The summed E-state index contributed by atoms with van der Waals surface area (Å²) < 4.78 is 34.7. The molecule has 0 fully saturated rings. The molecule has 0 radical (unpaired) electrons. The van der Waals surface area contributed by atoms with Crippen molar-refractivity contribution < 1.29 is 18.0 Å². The number of nitrogens with one attached hydrogen (secondary N) is 1. The predicted molar refractivity (Wildman–Crippen MR) is 92.1 cm³/mol. The van der Waals surface area contributed by atoms with E-state index in [1.54, 1.807) is 6.92 Å². The van der Waals surface area contributed by atoms with Crippen molar-refractivity contribution in [3.05, 3.63) is 58.7 Å². The van der Waals surface area contributed by atoms with Gasteiger partial charge in [0.05, 0.1) is 11.4 Å². The number of hydrogen-bond acceptors (Lipinski definition) is 3. The molecule has 0 atom stereocenters. The van der Waals surface area contributed by atoms with Gasteiger partial charge in [-0.2, -0.15) is 5.10 Å². The van der Waals surface area contributed by atoms with E-state index in [1.165, 1.54) is 0 Å². The number of nitrogens with zero attached hydrogens (tertiary/aromatic N) is 2. The Morgan fingerprint density at radius 3 is 2.92 bits per heavy atom. The summed E-state index contributed by atoms with van der Waals surface area (Å²) in [6.45, 7) is 4.54. The number of halogens is 2. The van der Waals surface area contributed by atoms with E-state index in [0.717, 1.165) is 48.0 Å². The van der Waals surface area contributed by atoms with Gasteiger partial charge in [-0.25, -0.2) is 8.78 Å². The van der Waals surface area contributed by atoms with Crippen molar-refractivity contribution in [2.45, 2.75) is 33.2 Å². The molecule has 4 rings (SSSR count). The molecule has 2 heterocycles. The maximum absolute atomic E-state index is 13.8. The molecule has 0 aliphatic heterocycles. The molecule has 0 saturated carbocycles. The van der Waals surface area contributed by atoms with Gasteiger partial charge >= 0.3 is 0 Å². The van der Waals surface area contributed by atoms with Gasteiger partial charge in [0, 0.05) is 36.4 Å². The molecule has 0 unspecified atom stereocenters. The highest BCUT2D eigenvalue weighted by molar-refractivity contribution is 6.04. The van der Waals surface area contributed by atoms with E-state index in [4.69, 9.17) is 4.42 Å². The Morgan fingerprint density at radius 1 is 1.35 bits per heavy atom. The minimum absolute atomic E-state index is 0.0950. The molecular formula is C19H17F2N3O2. The number of anilines is 1. The zero-order chi connectivity index (χ0) is 18.4. The van der Waals surface area contributed by atoms with Crippen molar-refractivity contribution in [1.29, 1.82) is 0 Å². The molecule has 0 bridgehead atoms. The first-order valence-corrected chi connectivity index (χ1v) is 8.43. The van der Waals surface area contributed by atoms with Gasteiger partial charge in [0.25, 0.3) is 5.91 Å². The van der Waals surface area contributed by atoms with Crippen LogP contribution in [0.15, 0.2) is 28.8 Å². The zero-order valence-corrected chi connectivity index (χ0v) is 14.4. The Balaban J connectivity index is 1.71. The first-order chi connectivity index (χ1) is 12.5. The maximum atomic E-state index is 13.8. The molecule has 1 amide bonds. The van der Waals surface area contributed by atoms with Crippen LogP contribution < -0.4 is 5.32 Å². The normalized spacial score (nSPS) is 12.6. The van der Waals surface area contributed by atoms with Crippen LogP contribution in [0.5, 0.6) is 0 Å². The third-order valence-corrected chi connectivity index (χ3v) is 4.62. The molecular weight excluding hydrogens is 340 g/mol. The fraction of sp³-hybridized carbons (Fsp3) is 0.263. The number of benzene rings is 1. The molecule has 2 aromatic heterocycles.